The first-order valence-corrected chi connectivity index (χ1v) is 5.95. The molecule has 1 aliphatic carbocycles. The predicted octanol–water partition coefficient (Wildman–Crippen LogP) is 0.830. The molecular weight excluding hydrogens is 192 g/mol. The van der Waals surface area contributed by atoms with Gasteiger partial charge in [0.1, 0.15) is 0 Å². The summed E-state index contributed by atoms with van der Waals surface area (Å²) in [6.45, 7) is 4.56. The summed E-state index contributed by atoms with van der Waals surface area (Å²) in [7, 11) is 0. The summed E-state index contributed by atoms with van der Waals surface area (Å²) in [5, 5.41) is 15.0. The summed E-state index contributed by atoms with van der Waals surface area (Å²) in [5.41, 5.74) is 0. The minimum Gasteiger partial charge on any atom is -0.481 e. The van der Waals surface area contributed by atoms with Crippen LogP contribution < -0.4 is 10.6 Å². The molecule has 0 atom stereocenters. The average Bonchev–Trinajstić information content (AvgIpc) is 2.33. The maximum atomic E-state index is 10.4. The molecule has 0 radical (unpaired) electrons. The van der Waals surface area contributed by atoms with Gasteiger partial charge in [-0.1, -0.05) is 19.3 Å². The molecule has 3 N–H and O–H groups in total. The summed E-state index contributed by atoms with van der Waals surface area (Å²) in [6.07, 6.45) is 5.24. The van der Waals surface area contributed by atoms with E-state index in [4.69, 9.17) is 5.11 Å². The minimum atomic E-state index is -0.602. The topological polar surface area (TPSA) is 61.4 Å². The van der Waals surface area contributed by atoms with Gasteiger partial charge in [0.05, 0.1) is 5.92 Å². The molecule has 0 amide bonds. The van der Waals surface area contributed by atoms with Crippen molar-refractivity contribution < 1.29 is 9.90 Å². The molecule has 4 nitrogen and oxygen atoms in total. The number of hydrogen-bond acceptors (Lipinski definition) is 3. The Morgan fingerprint density at radius 3 is 1.67 bits per heavy atom. The van der Waals surface area contributed by atoms with E-state index in [1.165, 1.54) is 6.42 Å². The third kappa shape index (κ3) is 5.74. The first-order valence-electron chi connectivity index (χ1n) is 5.95. The first-order chi connectivity index (χ1) is 7.30. The Balaban J connectivity index is 0.000000162. The van der Waals surface area contributed by atoms with Crippen LogP contribution in [0.2, 0.25) is 0 Å². The van der Waals surface area contributed by atoms with Crippen LogP contribution in [0.15, 0.2) is 0 Å². The lowest BCUT2D eigenvalue weighted by Gasteiger charge is -2.16. The van der Waals surface area contributed by atoms with Gasteiger partial charge in [-0.05, 0) is 12.8 Å². The van der Waals surface area contributed by atoms with E-state index in [2.05, 4.69) is 10.6 Å². The predicted molar refractivity (Wildman–Crippen MR) is 60.0 cm³/mol. The fourth-order valence-electron chi connectivity index (χ4n) is 1.95. The largest absolute Gasteiger partial charge is 0.481 e. The van der Waals surface area contributed by atoms with Crippen molar-refractivity contribution in [3.63, 3.8) is 0 Å². The second-order valence-electron chi connectivity index (χ2n) is 4.17. The lowest BCUT2D eigenvalue weighted by molar-refractivity contribution is -0.142. The van der Waals surface area contributed by atoms with Crippen LogP contribution in [0.1, 0.15) is 32.1 Å². The normalized spacial score (nSPS) is 22.7. The zero-order valence-corrected chi connectivity index (χ0v) is 9.30. The number of carboxylic acid groups (broad SMARTS) is 1. The molecule has 15 heavy (non-hydrogen) atoms. The maximum absolute atomic E-state index is 10.4. The molecule has 1 saturated carbocycles. The zero-order chi connectivity index (χ0) is 10.9. The molecular formula is C11H22N2O2. The number of carboxylic acids is 1. The summed E-state index contributed by atoms with van der Waals surface area (Å²) < 4.78 is 0. The Morgan fingerprint density at radius 2 is 1.40 bits per heavy atom. The van der Waals surface area contributed by atoms with Crippen LogP contribution in [0.4, 0.5) is 0 Å². The van der Waals surface area contributed by atoms with E-state index in [1.807, 2.05) is 0 Å². The highest BCUT2D eigenvalue weighted by Crippen LogP contribution is 2.23. The molecule has 2 rings (SSSR count). The summed E-state index contributed by atoms with van der Waals surface area (Å²) in [6, 6.07) is 0. The Morgan fingerprint density at radius 1 is 0.933 bits per heavy atom. The molecule has 0 aromatic carbocycles. The molecule has 0 unspecified atom stereocenters. The van der Waals surface area contributed by atoms with Crippen molar-refractivity contribution in [1.29, 1.82) is 0 Å². The third-order valence-corrected chi connectivity index (χ3v) is 2.91. The van der Waals surface area contributed by atoms with Gasteiger partial charge in [0, 0.05) is 26.2 Å². The number of rotatable bonds is 1. The quantitative estimate of drug-likeness (QED) is 0.605. The van der Waals surface area contributed by atoms with Crippen LogP contribution in [-0.4, -0.2) is 37.3 Å². The SMILES string of the molecule is C1CNCCN1.O=C(O)C1CCCCC1. The Bertz CT molecular complexity index is 164. The number of piperazine rings is 1. The van der Waals surface area contributed by atoms with Gasteiger partial charge in [0.25, 0.3) is 0 Å². The van der Waals surface area contributed by atoms with Crippen molar-refractivity contribution in [1.82, 2.24) is 10.6 Å². The standard InChI is InChI=1S/C7H12O2.C4H10N2/c8-7(9)6-4-2-1-3-5-6;1-2-6-4-3-5-1/h6H,1-5H2,(H,8,9);5-6H,1-4H2. The molecule has 0 spiro atoms. The summed E-state index contributed by atoms with van der Waals surface area (Å²) >= 11 is 0. The van der Waals surface area contributed by atoms with E-state index < -0.39 is 5.97 Å². The van der Waals surface area contributed by atoms with Crippen molar-refractivity contribution in [2.45, 2.75) is 32.1 Å². The number of carbonyl (C=O) groups is 1. The summed E-state index contributed by atoms with van der Waals surface area (Å²) in [5.74, 6) is -0.631. The Hall–Kier alpha value is -0.610. The van der Waals surface area contributed by atoms with E-state index in [-0.39, 0.29) is 5.92 Å². The Labute approximate surface area is 91.4 Å². The van der Waals surface area contributed by atoms with Crippen molar-refractivity contribution in [3.05, 3.63) is 0 Å². The molecule has 88 valence electrons. The molecule has 1 heterocycles. The van der Waals surface area contributed by atoms with E-state index in [0.29, 0.717) is 0 Å². The molecule has 2 fully saturated rings. The molecule has 1 saturated heterocycles. The first kappa shape index (κ1) is 12.5. The molecule has 0 bridgehead atoms. The lowest BCUT2D eigenvalue weighted by atomic mass is 9.90. The highest BCUT2D eigenvalue weighted by molar-refractivity contribution is 5.69. The van der Waals surface area contributed by atoms with E-state index >= 15 is 0 Å². The fourth-order valence-corrected chi connectivity index (χ4v) is 1.95. The van der Waals surface area contributed by atoms with Crippen LogP contribution in [0, 0.1) is 5.92 Å². The average molecular weight is 214 g/mol. The maximum Gasteiger partial charge on any atom is 0.306 e. The van der Waals surface area contributed by atoms with Gasteiger partial charge in [0.15, 0.2) is 0 Å². The van der Waals surface area contributed by atoms with Gasteiger partial charge in [-0.15, -0.1) is 0 Å². The molecule has 0 aromatic heterocycles. The number of nitrogens with one attached hydrogen (secondary N) is 2. The van der Waals surface area contributed by atoms with Crippen molar-refractivity contribution in [3.8, 4) is 0 Å². The zero-order valence-electron chi connectivity index (χ0n) is 9.30. The minimum absolute atomic E-state index is 0.0289. The molecule has 2 aliphatic rings. The van der Waals surface area contributed by atoms with Gasteiger partial charge >= 0.3 is 5.97 Å². The van der Waals surface area contributed by atoms with E-state index in [9.17, 15) is 4.79 Å². The second kappa shape index (κ2) is 7.65. The fraction of sp³-hybridized carbons (Fsp3) is 0.909. The van der Waals surface area contributed by atoms with Gasteiger partial charge < -0.3 is 15.7 Å². The highest BCUT2D eigenvalue weighted by atomic mass is 16.4. The Kier molecular flexibility index (Phi) is 6.36. The molecule has 1 aliphatic heterocycles. The van der Waals surface area contributed by atoms with Crippen LogP contribution in [0.5, 0.6) is 0 Å². The van der Waals surface area contributed by atoms with Gasteiger partial charge in [0.2, 0.25) is 0 Å². The van der Waals surface area contributed by atoms with Crippen molar-refractivity contribution >= 4 is 5.97 Å². The van der Waals surface area contributed by atoms with Crippen LogP contribution in [-0.2, 0) is 4.79 Å². The number of aliphatic carboxylic acids is 1. The van der Waals surface area contributed by atoms with E-state index in [1.54, 1.807) is 0 Å². The number of hydrogen-bond donors (Lipinski definition) is 3. The monoisotopic (exact) mass is 214 g/mol. The second-order valence-corrected chi connectivity index (χ2v) is 4.17. The lowest BCUT2D eigenvalue weighted by Crippen LogP contribution is -2.39. The van der Waals surface area contributed by atoms with Crippen LogP contribution in [0.25, 0.3) is 0 Å². The van der Waals surface area contributed by atoms with Crippen molar-refractivity contribution in [2.75, 3.05) is 26.2 Å². The molecule has 0 aromatic rings. The van der Waals surface area contributed by atoms with Gasteiger partial charge in [-0.3, -0.25) is 4.79 Å². The van der Waals surface area contributed by atoms with Gasteiger partial charge in [-0.25, -0.2) is 0 Å². The van der Waals surface area contributed by atoms with Crippen LogP contribution in [0.3, 0.4) is 0 Å². The molecule has 4 heteroatoms. The van der Waals surface area contributed by atoms with Crippen LogP contribution >= 0.6 is 0 Å². The summed E-state index contributed by atoms with van der Waals surface area (Å²) in [4.78, 5) is 10.4. The van der Waals surface area contributed by atoms with Gasteiger partial charge in [-0.2, -0.15) is 0 Å². The highest BCUT2D eigenvalue weighted by Gasteiger charge is 2.19. The van der Waals surface area contributed by atoms with E-state index in [0.717, 1.165) is 51.9 Å². The third-order valence-electron chi connectivity index (χ3n) is 2.91. The smallest absolute Gasteiger partial charge is 0.306 e. The van der Waals surface area contributed by atoms with Crippen molar-refractivity contribution in [2.24, 2.45) is 5.92 Å².